The first-order valence-electron chi connectivity index (χ1n) is 5.52. The van der Waals surface area contributed by atoms with Crippen molar-refractivity contribution in [3.8, 4) is 0 Å². The van der Waals surface area contributed by atoms with Crippen molar-refractivity contribution in [2.45, 2.75) is 39.7 Å². The second kappa shape index (κ2) is 7.31. The SMILES string of the molecule is Cc1ccc(Br)cc1[C@H](N)CCC(C)C.Cl. The molecule has 0 aromatic heterocycles. The summed E-state index contributed by atoms with van der Waals surface area (Å²) >= 11 is 3.49. The zero-order valence-electron chi connectivity index (χ0n) is 10.2. The van der Waals surface area contributed by atoms with Gasteiger partial charge in [0.25, 0.3) is 0 Å². The van der Waals surface area contributed by atoms with Crippen LogP contribution in [0, 0.1) is 12.8 Å². The molecule has 1 atom stereocenters. The van der Waals surface area contributed by atoms with Gasteiger partial charge in [0.1, 0.15) is 0 Å². The molecule has 0 radical (unpaired) electrons. The first-order chi connectivity index (χ1) is 7.00. The molecular weight excluding hydrogens is 286 g/mol. The summed E-state index contributed by atoms with van der Waals surface area (Å²) in [5.74, 6) is 0.725. The Kier molecular flexibility index (Phi) is 7.29. The van der Waals surface area contributed by atoms with E-state index in [1.165, 1.54) is 17.5 Å². The Balaban J connectivity index is 0.00000225. The van der Waals surface area contributed by atoms with Gasteiger partial charge in [0.2, 0.25) is 0 Å². The van der Waals surface area contributed by atoms with E-state index >= 15 is 0 Å². The highest BCUT2D eigenvalue weighted by molar-refractivity contribution is 9.10. The Labute approximate surface area is 113 Å². The number of aryl methyl sites for hydroxylation is 1. The van der Waals surface area contributed by atoms with Gasteiger partial charge in [-0.3, -0.25) is 0 Å². The molecule has 0 aliphatic rings. The van der Waals surface area contributed by atoms with E-state index in [2.05, 4.69) is 54.9 Å². The van der Waals surface area contributed by atoms with Gasteiger partial charge >= 0.3 is 0 Å². The second-order valence-corrected chi connectivity index (χ2v) is 5.49. The zero-order chi connectivity index (χ0) is 11.4. The van der Waals surface area contributed by atoms with Crippen molar-refractivity contribution in [1.82, 2.24) is 0 Å². The van der Waals surface area contributed by atoms with E-state index in [9.17, 15) is 0 Å². The van der Waals surface area contributed by atoms with Gasteiger partial charge in [-0.05, 0) is 48.9 Å². The normalized spacial score (nSPS) is 12.4. The molecule has 3 heteroatoms. The maximum Gasteiger partial charge on any atom is 0.0297 e. The van der Waals surface area contributed by atoms with Crippen LogP contribution in [-0.4, -0.2) is 0 Å². The van der Waals surface area contributed by atoms with Gasteiger partial charge < -0.3 is 5.73 Å². The monoisotopic (exact) mass is 305 g/mol. The summed E-state index contributed by atoms with van der Waals surface area (Å²) in [4.78, 5) is 0. The molecule has 0 amide bonds. The fourth-order valence-electron chi connectivity index (χ4n) is 1.68. The molecule has 0 aliphatic heterocycles. The lowest BCUT2D eigenvalue weighted by atomic mass is 9.95. The van der Waals surface area contributed by atoms with Crippen molar-refractivity contribution in [3.05, 3.63) is 33.8 Å². The van der Waals surface area contributed by atoms with Crippen molar-refractivity contribution in [1.29, 1.82) is 0 Å². The third-order valence-electron chi connectivity index (χ3n) is 2.70. The summed E-state index contributed by atoms with van der Waals surface area (Å²) in [6.45, 7) is 6.60. The van der Waals surface area contributed by atoms with Crippen molar-refractivity contribution >= 4 is 28.3 Å². The number of benzene rings is 1. The summed E-state index contributed by atoms with van der Waals surface area (Å²) in [6, 6.07) is 6.49. The molecule has 1 aromatic carbocycles. The molecule has 16 heavy (non-hydrogen) atoms. The van der Waals surface area contributed by atoms with Gasteiger partial charge in [0, 0.05) is 10.5 Å². The highest BCUT2D eigenvalue weighted by atomic mass is 79.9. The van der Waals surface area contributed by atoms with Crippen LogP contribution in [0.4, 0.5) is 0 Å². The maximum atomic E-state index is 6.19. The number of hydrogen-bond donors (Lipinski definition) is 1. The van der Waals surface area contributed by atoms with E-state index in [0.717, 1.165) is 16.8 Å². The van der Waals surface area contributed by atoms with Gasteiger partial charge in [0.15, 0.2) is 0 Å². The minimum atomic E-state index is 0. The molecule has 0 fully saturated rings. The van der Waals surface area contributed by atoms with Gasteiger partial charge in [-0.2, -0.15) is 0 Å². The highest BCUT2D eigenvalue weighted by Crippen LogP contribution is 2.24. The molecule has 0 heterocycles. The summed E-state index contributed by atoms with van der Waals surface area (Å²) in [7, 11) is 0. The van der Waals surface area contributed by atoms with Crippen LogP contribution < -0.4 is 5.73 Å². The zero-order valence-corrected chi connectivity index (χ0v) is 12.6. The topological polar surface area (TPSA) is 26.0 Å². The number of rotatable bonds is 4. The van der Waals surface area contributed by atoms with Crippen molar-refractivity contribution in [2.24, 2.45) is 11.7 Å². The van der Waals surface area contributed by atoms with Crippen LogP contribution in [-0.2, 0) is 0 Å². The Morgan fingerprint density at radius 3 is 2.44 bits per heavy atom. The largest absolute Gasteiger partial charge is 0.324 e. The van der Waals surface area contributed by atoms with E-state index in [1.54, 1.807) is 0 Å². The molecule has 1 aromatic rings. The molecule has 0 unspecified atom stereocenters. The lowest BCUT2D eigenvalue weighted by molar-refractivity contribution is 0.506. The van der Waals surface area contributed by atoms with Crippen LogP contribution in [0.5, 0.6) is 0 Å². The van der Waals surface area contributed by atoms with Crippen LogP contribution in [0.3, 0.4) is 0 Å². The molecule has 0 bridgehead atoms. The van der Waals surface area contributed by atoms with Crippen molar-refractivity contribution in [3.63, 3.8) is 0 Å². The van der Waals surface area contributed by atoms with E-state index in [1.807, 2.05) is 0 Å². The van der Waals surface area contributed by atoms with Crippen LogP contribution in [0.25, 0.3) is 0 Å². The molecule has 0 saturated carbocycles. The van der Waals surface area contributed by atoms with Gasteiger partial charge in [-0.25, -0.2) is 0 Å². The van der Waals surface area contributed by atoms with E-state index < -0.39 is 0 Å². The standard InChI is InChI=1S/C13H20BrN.ClH/c1-9(2)4-7-13(15)12-8-11(14)6-5-10(12)3;/h5-6,8-9,13H,4,7,15H2,1-3H3;1H/t13-;/m1./s1. The number of nitrogens with two attached hydrogens (primary N) is 1. The third-order valence-corrected chi connectivity index (χ3v) is 3.19. The molecule has 1 nitrogen and oxygen atoms in total. The Morgan fingerprint density at radius 1 is 1.25 bits per heavy atom. The lowest BCUT2D eigenvalue weighted by Gasteiger charge is -2.16. The number of hydrogen-bond acceptors (Lipinski definition) is 1. The summed E-state index contributed by atoms with van der Waals surface area (Å²) in [6.07, 6.45) is 2.25. The fraction of sp³-hybridized carbons (Fsp3) is 0.538. The molecule has 0 spiro atoms. The first-order valence-corrected chi connectivity index (χ1v) is 6.31. The van der Waals surface area contributed by atoms with Crippen LogP contribution in [0.15, 0.2) is 22.7 Å². The van der Waals surface area contributed by atoms with E-state index in [0.29, 0.717) is 0 Å². The minimum Gasteiger partial charge on any atom is -0.324 e. The summed E-state index contributed by atoms with van der Waals surface area (Å²) in [5.41, 5.74) is 8.75. The van der Waals surface area contributed by atoms with E-state index in [4.69, 9.17) is 5.73 Å². The quantitative estimate of drug-likeness (QED) is 0.863. The van der Waals surface area contributed by atoms with Gasteiger partial charge in [-0.15, -0.1) is 12.4 Å². The molecule has 0 saturated heterocycles. The second-order valence-electron chi connectivity index (χ2n) is 4.58. The Bertz CT molecular complexity index is 326. The molecular formula is C13H21BrClN. The molecule has 92 valence electrons. The maximum absolute atomic E-state index is 6.19. The third kappa shape index (κ3) is 4.86. The summed E-state index contributed by atoms with van der Waals surface area (Å²) < 4.78 is 1.11. The predicted octanol–water partition coefficient (Wildman–Crippen LogP) is 4.62. The first kappa shape index (κ1) is 16.0. The Morgan fingerprint density at radius 2 is 1.88 bits per heavy atom. The molecule has 0 aliphatic carbocycles. The van der Waals surface area contributed by atoms with Crippen molar-refractivity contribution in [2.75, 3.05) is 0 Å². The predicted molar refractivity (Wildman–Crippen MR) is 77.1 cm³/mol. The van der Waals surface area contributed by atoms with Crippen LogP contribution in [0.1, 0.15) is 43.9 Å². The van der Waals surface area contributed by atoms with Crippen molar-refractivity contribution < 1.29 is 0 Å². The highest BCUT2D eigenvalue weighted by Gasteiger charge is 2.09. The number of halogens is 2. The van der Waals surface area contributed by atoms with E-state index in [-0.39, 0.29) is 18.4 Å². The fourth-order valence-corrected chi connectivity index (χ4v) is 2.06. The average Bonchev–Trinajstić information content (AvgIpc) is 2.18. The lowest BCUT2D eigenvalue weighted by Crippen LogP contribution is -2.12. The minimum absolute atomic E-state index is 0. The Hall–Kier alpha value is -0.0500. The molecule has 2 N–H and O–H groups in total. The van der Waals surface area contributed by atoms with Gasteiger partial charge in [0.05, 0.1) is 0 Å². The smallest absolute Gasteiger partial charge is 0.0297 e. The van der Waals surface area contributed by atoms with Crippen LogP contribution in [0.2, 0.25) is 0 Å². The average molecular weight is 307 g/mol. The van der Waals surface area contributed by atoms with Crippen LogP contribution >= 0.6 is 28.3 Å². The molecule has 1 rings (SSSR count). The van der Waals surface area contributed by atoms with Gasteiger partial charge in [-0.1, -0.05) is 35.8 Å². The summed E-state index contributed by atoms with van der Waals surface area (Å²) in [5, 5.41) is 0.